The van der Waals surface area contributed by atoms with Crippen molar-refractivity contribution in [1.29, 1.82) is 0 Å². The lowest BCUT2D eigenvalue weighted by atomic mass is 9.65. The molecule has 0 unspecified atom stereocenters. The summed E-state index contributed by atoms with van der Waals surface area (Å²) >= 11 is 0. The molecule has 3 heteroatoms. The molecule has 0 amide bonds. The van der Waals surface area contributed by atoms with Gasteiger partial charge in [-0.25, -0.2) is 0 Å². The standard InChI is InChI=1S/C74H44N2O/c1-7-27-58-49(18-1)50-19-2-8-28-59(50)73(58)62-31-11-5-23-56(62)70-64(73)33-17-36-68(70)75(46-40-38-45(39-41-46)48-24-15-26-55-53-22-6-14-37-69(53)77-72(48)55)47-42-43-66-57(44-47)54-25-16-34-65-71(54)76(66)67-35-13-12-32-63(67)74(65)60-29-9-3-20-51(60)52-21-4-10-30-61(52)74/h1-44H. The number of hydrogen-bond donors (Lipinski definition) is 0. The smallest absolute Gasteiger partial charge is 0.143 e. The van der Waals surface area contributed by atoms with Crippen LogP contribution in [0.4, 0.5) is 17.1 Å². The summed E-state index contributed by atoms with van der Waals surface area (Å²) in [7, 11) is 0. The topological polar surface area (TPSA) is 21.3 Å². The van der Waals surface area contributed by atoms with E-state index in [2.05, 4.69) is 270 Å². The van der Waals surface area contributed by atoms with E-state index in [0.29, 0.717) is 0 Å². The van der Waals surface area contributed by atoms with Crippen LogP contribution in [0.15, 0.2) is 271 Å². The molecule has 12 aromatic carbocycles. The van der Waals surface area contributed by atoms with Gasteiger partial charge in [-0.05, 0) is 126 Å². The number of rotatable bonds is 4. The lowest BCUT2D eigenvalue weighted by Gasteiger charge is -2.39. The summed E-state index contributed by atoms with van der Waals surface area (Å²) in [5.74, 6) is 0. The molecule has 0 atom stereocenters. The Morgan fingerprint density at radius 3 is 1.49 bits per heavy atom. The van der Waals surface area contributed by atoms with Gasteiger partial charge in [-0.1, -0.05) is 218 Å². The molecule has 0 saturated heterocycles. The Kier molecular flexibility index (Phi) is 8.00. The van der Waals surface area contributed by atoms with Gasteiger partial charge in [0.05, 0.1) is 33.2 Å². The van der Waals surface area contributed by atoms with Crippen LogP contribution >= 0.6 is 0 Å². The number of hydrogen-bond acceptors (Lipinski definition) is 2. The molecular weight excluding hydrogens is 933 g/mol. The lowest BCUT2D eigenvalue weighted by Crippen LogP contribution is -2.33. The Labute approximate surface area is 444 Å². The number of fused-ring (bicyclic) bond motifs is 25. The molecule has 77 heavy (non-hydrogen) atoms. The van der Waals surface area contributed by atoms with Crippen molar-refractivity contribution in [2.24, 2.45) is 0 Å². The molecule has 0 saturated carbocycles. The first-order valence-electron chi connectivity index (χ1n) is 26.8. The maximum Gasteiger partial charge on any atom is 0.143 e. The van der Waals surface area contributed by atoms with E-state index in [1.54, 1.807) is 0 Å². The highest BCUT2D eigenvalue weighted by molar-refractivity contribution is 6.15. The quantitative estimate of drug-likeness (QED) is 0.175. The highest BCUT2D eigenvalue weighted by Crippen LogP contribution is 2.65. The van der Waals surface area contributed by atoms with Crippen molar-refractivity contribution in [3.8, 4) is 50.2 Å². The first-order valence-corrected chi connectivity index (χ1v) is 26.8. The fourth-order valence-corrected chi connectivity index (χ4v) is 15.2. The van der Waals surface area contributed by atoms with Crippen LogP contribution in [0.5, 0.6) is 0 Å². The van der Waals surface area contributed by atoms with Crippen molar-refractivity contribution >= 4 is 60.8 Å². The summed E-state index contributed by atoms with van der Waals surface area (Å²) in [4.78, 5) is 2.53. The summed E-state index contributed by atoms with van der Waals surface area (Å²) in [6, 6.07) is 100.0. The van der Waals surface area contributed by atoms with Gasteiger partial charge in [-0.2, -0.15) is 0 Å². The van der Waals surface area contributed by atoms with Crippen molar-refractivity contribution in [3.05, 3.63) is 311 Å². The molecule has 356 valence electrons. The highest BCUT2D eigenvalue weighted by atomic mass is 16.3. The summed E-state index contributed by atoms with van der Waals surface area (Å²) in [5.41, 5.74) is 28.3. The summed E-state index contributed by atoms with van der Waals surface area (Å²) < 4.78 is 9.17. The van der Waals surface area contributed by atoms with E-state index in [0.717, 1.165) is 50.1 Å². The molecule has 18 rings (SSSR count). The number of aromatic nitrogens is 1. The van der Waals surface area contributed by atoms with Gasteiger partial charge >= 0.3 is 0 Å². The van der Waals surface area contributed by atoms with E-state index in [1.165, 1.54) is 105 Å². The van der Waals surface area contributed by atoms with Gasteiger partial charge in [0.2, 0.25) is 0 Å². The van der Waals surface area contributed by atoms with Gasteiger partial charge in [-0.15, -0.1) is 0 Å². The van der Waals surface area contributed by atoms with Crippen LogP contribution in [0, 0.1) is 0 Å². The van der Waals surface area contributed by atoms with Gasteiger partial charge in [0.1, 0.15) is 11.2 Å². The second kappa shape index (κ2) is 14.9. The third-order valence-corrected chi connectivity index (χ3v) is 18.0. The summed E-state index contributed by atoms with van der Waals surface area (Å²) in [6.45, 7) is 0. The molecule has 0 radical (unpaired) electrons. The van der Waals surface area contributed by atoms with E-state index in [9.17, 15) is 0 Å². The number of nitrogens with zero attached hydrogens (tertiary/aromatic N) is 2. The average Bonchev–Trinajstić information content (AvgIpc) is 4.46. The van der Waals surface area contributed by atoms with Crippen LogP contribution in [0.3, 0.4) is 0 Å². The van der Waals surface area contributed by atoms with E-state index in [1.807, 2.05) is 6.07 Å². The Bertz CT molecular complexity index is 4800. The molecule has 4 aliphatic rings. The molecule has 1 aliphatic heterocycles. The predicted molar refractivity (Wildman–Crippen MR) is 315 cm³/mol. The molecule has 0 N–H and O–H groups in total. The minimum absolute atomic E-state index is 0.484. The van der Waals surface area contributed by atoms with E-state index < -0.39 is 10.8 Å². The Morgan fingerprint density at radius 2 is 0.805 bits per heavy atom. The van der Waals surface area contributed by atoms with Gasteiger partial charge in [0, 0.05) is 44.0 Å². The van der Waals surface area contributed by atoms with E-state index in [-0.39, 0.29) is 0 Å². The highest BCUT2D eigenvalue weighted by Gasteiger charge is 2.53. The normalized spacial score (nSPS) is 14.2. The molecule has 3 nitrogen and oxygen atoms in total. The summed E-state index contributed by atoms with van der Waals surface area (Å²) in [5, 5.41) is 4.71. The molecule has 0 bridgehead atoms. The molecular formula is C74H44N2O. The Balaban J connectivity index is 0.901. The van der Waals surface area contributed by atoms with Crippen molar-refractivity contribution in [2.45, 2.75) is 10.8 Å². The second-order valence-corrected chi connectivity index (χ2v) is 21.3. The van der Waals surface area contributed by atoms with Crippen molar-refractivity contribution < 1.29 is 4.42 Å². The second-order valence-electron chi connectivity index (χ2n) is 21.3. The van der Waals surface area contributed by atoms with Crippen LogP contribution in [0.1, 0.15) is 44.5 Å². The van der Waals surface area contributed by atoms with E-state index in [4.69, 9.17) is 4.42 Å². The molecule has 3 heterocycles. The summed E-state index contributed by atoms with van der Waals surface area (Å²) in [6.07, 6.45) is 0. The fraction of sp³-hybridized carbons (Fsp3) is 0.0270. The molecule has 2 aromatic heterocycles. The molecule has 3 aliphatic carbocycles. The van der Waals surface area contributed by atoms with Gasteiger partial charge in [-0.3, -0.25) is 0 Å². The van der Waals surface area contributed by atoms with Crippen LogP contribution < -0.4 is 4.90 Å². The zero-order chi connectivity index (χ0) is 50.1. The van der Waals surface area contributed by atoms with Crippen LogP contribution in [-0.4, -0.2) is 4.57 Å². The minimum Gasteiger partial charge on any atom is -0.455 e. The first kappa shape index (κ1) is 41.4. The predicted octanol–water partition coefficient (Wildman–Crippen LogP) is 18.8. The number of para-hydroxylation sites is 4. The fourth-order valence-electron chi connectivity index (χ4n) is 15.2. The molecule has 14 aromatic rings. The average molecular weight is 977 g/mol. The first-order chi connectivity index (χ1) is 38.2. The van der Waals surface area contributed by atoms with Gasteiger partial charge in [0.15, 0.2) is 0 Å². The number of furan rings is 1. The van der Waals surface area contributed by atoms with Crippen LogP contribution in [0.2, 0.25) is 0 Å². The monoisotopic (exact) mass is 976 g/mol. The minimum atomic E-state index is -0.486. The largest absolute Gasteiger partial charge is 0.455 e. The van der Waals surface area contributed by atoms with Crippen LogP contribution in [-0.2, 0) is 10.8 Å². The van der Waals surface area contributed by atoms with Crippen LogP contribution in [0.25, 0.3) is 93.9 Å². The SMILES string of the molecule is c1ccc2c(c1)-c1ccccc1C21c2ccccc2-c2c(N(c3ccc(-c4cccc5c4oc4ccccc45)cc3)c3ccc4c(c3)c3cccc5c3n4-c3ccccc3C53c4ccccc4-c4ccccc43)cccc21. The maximum atomic E-state index is 6.61. The third-order valence-electron chi connectivity index (χ3n) is 18.0. The molecule has 0 fully saturated rings. The van der Waals surface area contributed by atoms with Gasteiger partial charge < -0.3 is 13.9 Å². The lowest BCUT2D eigenvalue weighted by molar-refractivity contribution is 0.670. The maximum absolute atomic E-state index is 6.61. The Hall–Kier alpha value is -9.96. The van der Waals surface area contributed by atoms with E-state index >= 15 is 0 Å². The van der Waals surface area contributed by atoms with Crippen molar-refractivity contribution in [2.75, 3.05) is 4.90 Å². The molecule has 2 spiro atoms. The zero-order valence-corrected chi connectivity index (χ0v) is 41.7. The number of anilines is 3. The van der Waals surface area contributed by atoms with Gasteiger partial charge in [0.25, 0.3) is 0 Å². The van der Waals surface area contributed by atoms with Crippen molar-refractivity contribution in [3.63, 3.8) is 0 Å². The zero-order valence-electron chi connectivity index (χ0n) is 41.7. The third kappa shape index (κ3) is 5.03. The number of benzene rings is 12. The Morgan fingerprint density at radius 1 is 0.325 bits per heavy atom. The van der Waals surface area contributed by atoms with Crippen molar-refractivity contribution in [1.82, 2.24) is 4.57 Å².